The summed E-state index contributed by atoms with van der Waals surface area (Å²) in [5.41, 5.74) is 0. The van der Waals surface area contributed by atoms with Crippen LogP contribution < -0.4 is 0 Å². The summed E-state index contributed by atoms with van der Waals surface area (Å²) in [4.78, 5) is 11.7. The number of esters is 1. The molecule has 2 aliphatic rings. The van der Waals surface area contributed by atoms with E-state index in [1.54, 1.807) is 12.1 Å². The van der Waals surface area contributed by atoms with Crippen LogP contribution in [-0.4, -0.2) is 12.1 Å². The van der Waals surface area contributed by atoms with Crippen molar-refractivity contribution in [1.29, 1.82) is 0 Å². The molecule has 0 aliphatic heterocycles. The Morgan fingerprint density at radius 2 is 2.25 bits per heavy atom. The van der Waals surface area contributed by atoms with Crippen LogP contribution in [0.5, 0.6) is 0 Å². The van der Waals surface area contributed by atoms with E-state index < -0.39 is 0 Å². The van der Waals surface area contributed by atoms with Crippen molar-refractivity contribution in [2.24, 2.45) is 11.8 Å². The highest BCUT2D eigenvalue weighted by molar-refractivity contribution is 6.29. The fourth-order valence-corrected chi connectivity index (χ4v) is 3.10. The van der Waals surface area contributed by atoms with Crippen LogP contribution >= 0.6 is 11.6 Å². The maximum Gasteiger partial charge on any atom is 0.374 e. The van der Waals surface area contributed by atoms with Crippen LogP contribution in [0.4, 0.5) is 0 Å². The second-order valence-electron chi connectivity index (χ2n) is 4.72. The first kappa shape index (κ1) is 10.2. The molecule has 0 amide bonds. The fraction of sp³-hybridized carbons (Fsp3) is 0.583. The van der Waals surface area contributed by atoms with Crippen LogP contribution in [0.25, 0.3) is 0 Å². The molecule has 3 rings (SSSR count). The van der Waals surface area contributed by atoms with Crippen molar-refractivity contribution in [3.05, 3.63) is 23.1 Å². The van der Waals surface area contributed by atoms with Crippen LogP contribution in [0, 0.1) is 11.8 Å². The molecular weight excluding hydrogens is 228 g/mol. The molecule has 2 saturated carbocycles. The Morgan fingerprint density at radius 3 is 2.81 bits per heavy atom. The van der Waals surface area contributed by atoms with Gasteiger partial charge in [-0.2, -0.15) is 0 Å². The summed E-state index contributed by atoms with van der Waals surface area (Å²) in [5.74, 6) is 1.15. The van der Waals surface area contributed by atoms with Gasteiger partial charge in [-0.1, -0.05) is 0 Å². The van der Waals surface area contributed by atoms with Gasteiger partial charge in [0.15, 0.2) is 5.22 Å². The molecule has 2 fully saturated rings. The zero-order valence-electron chi connectivity index (χ0n) is 8.82. The standard InChI is InChI=1S/C12H13ClO3/c13-11-4-3-9(15-11)12(14)16-10-6-7-1-2-8(10)5-7/h3-4,7-8,10H,1-2,5-6H2. The van der Waals surface area contributed by atoms with E-state index in [1.807, 2.05) is 0 Å². The average Bonchev–Trinajstić information content (AvgIpc) is 2.92. The first-order chi connectivity index (χ1) is 7.72. The van der Waals surface area contributed by atoms with Gasteiger partial charge in [-0.3, -0.25) is 0 Å². The summed E-state index contributed by atoms with van der Waals surface area (Å²) < 4.78 is 10.5. The van der Waals surface area contributed by atoms with Gasteiger partial charge in [0.2, 0.25) is 5.76 Å². The predicted molar refractivity (Wildman–Crippen MR) is 58.4 cm³/mol. The summed E-state index contributed by atoms with van der Waals surface area (Å²) in [7, 11) is 0. The van der Waals surface area contributed by atoms with Gasteiger partial charge in [0.25, 0.3) is 0 Å². The van der Waals surface area contributed by atoms with Crippen molar-refractivity contribution in [1.82, 2.24) is 0 Å². The Morgan fingerprint density at radius 1 is 1.38 bits per heavy atom. The van der Waals surface area contributed by atoms with Gasteiger partial charge in [0.1, 0.15) is 6.10 Å². The van der Waals surface area contributed by atoms with E-state index in [-0.39, 0.29) is 23.1 Å². The monoisotopic (exact) mass is 240 g/mol. The van der Waals surface area contributed by atoms with E-state index in [4.69, 9.17) is 20.8 Å². The van der Waals surface area contributed by atoms with Crippen molar-refractivity contribution < 1.29 is 13.9 Å². The highest BCUT2D eigenvalue weighted by Gasteiger charge is 2.42. The molecule has 3 unspecified atom stereocenters. The van der Waals surface area contributed by atoms with Crippen molar-refractivity contribution >= 4 is 17.6 Å². The zero-order valence-corrected chi connectivity index (χ0v) is 9.57. The van der Waals surface area contributed by atoms with Crippen LogP contribution in [0.1, 0.15) is 36.2 Å². The molecule has 3 atom stereocenters. The molecule has 2 bridgehead atoms. The molecule has 1 aromatic heterocycles. The molecule has 16 heavy (non-hydrogen) atoms. The number of halogens is 1. The molecule has 0 radical (unpaired) electrons. The maximum atomic E-state index is 11.7. The van der Waals surface area contributed by atoms with Crippen LogP contribution in [0.3, 0.4) is 0 Å². The zero-order chi connectivity index (χ0) is 11.1. The van der Waals surface area contributed by atoms with Crippen molar-refractivity contribution in [3.8, 4) is 0 Å². The van der Waals surface area contributed by atoms with Gasteiger partial charge in [-0.05, 0) is 61.3 Å². The number of hydrogen-bond donors (Lipinski definition) is 0. The van der Waals surface area contributed by atoms with Gasteiger partial charge >= 0.3 is 5.97 Å². The van der Waals surface area contributed by atoms with Crippen LogP contribution in [0.15, 0.2) is 16.5 Å². The molecule has 3 nitrogen and oxygen atoms in total. The third-order valence-corrected chi connectivity index (χ3v) is 3.91. The van der Waals surface area contributed by atoms with Gasteiger partial charge in [-0.25, -0.2) is 4.79 Å². The second kappa shape index (κ2) is 3.81. The maximum absolute atomic E-state index is 11.7. The third-order valence-electron chi connectivity index (χ3n) is 3.71. The van der Waals surface area contributed by atoms with Gasteiger partial charge in [0, 0.05) is 0 Å². The molecule has 1 heterocycles. The van der Waals surface area contributed by atoms with E-state index in [0.717, 1.165) is 12.3 Å². The normalized spacial score (nSPS) is 31.9. The lowest BCUT2D eigenvalue weighted by atomic mass is 9.98. The van der Waals surface area contributed by atoms with E-state index in [2.05, 4.69) is 0 Å². The quantitative estimate of drug-likeness (QED) is 0.745. The van der Waals surface area contributed by atoms with Crippen LogP contribution in [-0.2, 0) is 4.74 Å². The average molecular weight is 241 g/mol. The molecule has 86 valence electrons. The Hall–Kier alpha value is -0.960. The summed E-state index contributed by atoms with van der Waals surface area (Å²) >= 11 is 5.61. The van der Waals surface area contributed by atoms with E-state index >= 15 is 0 Å². The third kappa shape index (κ3) is 1.73. The highest BCUT2D eigenvalue weighted by Crippen LogP contribution is 2.46. The molecule has 4 heteroatoms. The minimum absolute atomic E-state index is 0.0927. The predicted octanol–water partition coefficient (Wildman–Crippen LogP) is 3.28. The Labute approximate surface area is 98.7 Å². The number of fused-ring (bicyclic) bond motifs is 2. The van der Waals surface area contributed by atoms with E-state index in [1.165, 1.54) is 19.3 Å². The fourth-order valence-electron chi connectivity index (χ4n) is 2.95. The lowest BCUT2D eigenvalue weighted by molar-refractivity contribution is 0.0125. The Kier molecular flexibility index (Phi) is 2.43. The van der Waals surface area contributed by atoms with Crippen molar-refractivity contribution in [3.63, 3.8) is 0 Å². The van der Waals surface area contributed by atoms with E-state index in [0.29, 0.717) is 5.92 Å². The Bertz CT molecular complexity index is 412. The summed E-state index contributed by atoms with van der Waals surface area (Å²) in [6.45, 7) is 0. The molecule has 1 aromatic rings. The number of hydrogen-bond acceptors (Lipinski definition) is 3. The molecule has 0 spiro atoms. The Balaban J connectivity index is 1.65. The molecule has 0 saturated heterocycles. The lowest BCUT2D eigenvalue weighted by Gasteiger charge is -2.21. The SMILES string of the molecule is O=C(OC1CC2CCC1C2)c1ccc(Cl)o1. The smallest absolute Gasteiger partial charge is 0.374 e. The molecular formula is C12H13ClO3. The topological polar surface area (TPSA) is 39.4 Å². The second-order valence-corrected chi connectivity index (χ2v) is 5.09. The van der Waals surface area contributed by atoms with Crippen molar-refractivity contribution in [2.75, 3.05) is 0 Å². The minimum Gasteiger partial charge on any atom is -0.456 e. The number of carbonyl (C=O) groups is 1. The van der Waals surface area contributed by atoms with Crippen LogP contribution in [0.2, 0.25) is 5.22 Å². The minimum atomic E-state index is -0.385. The van der Waals surface area contributed by atoms with Crippen molar-refractivity contribution in [2.45, 2.75) is 31.8 Å². The number of carbonyl (C=O) groups excluding carboxylic acids is 1. The van der Waals surface area contributed by atoms with Gasteiger partial charge < -0.3 is 9.15 Å². The summed E-state index contributed by atoms with van der Waals surface area (Å²) in [6.07, 6.45) is 4.82. The summed E-state index contributed by atoms with van der Waals surface area (Å²) in [5, 5.41) is 0.222. The van der Waals surface area contributed by atoms with E-state index in [9.17, 15) is 4.79 Å². The van der Waals surface area contributed by atoms with Gasteiger partial charge in [0.05, 0.1) is 0 Å². The molecule has 2 aliphatic carbocycles. The first-order valence-electron chi connectivity index (χ1n) is 5.68. The van der Waals surface area contributed by atoms with Gasteiger partial charge in [-0.15, -0.1) is 0 Å². The number of furan rings is 1. The largest absolute Gasteiger partial charge is 0.456 e. The highest BCUT2D eigenvalue weighted by atomic mass is 35.5. The summed E-state index contributed by atoms with van der Waals surface area (Å²) in [6, 6.07) is 3.11. The number of rotatable bonds is 2. The number of ether oxygens (including phenoxy) is 1. The lowest BCUT2D eigenvalue weighted by Crippen LogP contribution is -2.23. The molecule has 0 N–H and O–H groups in total. The molecule has 0 aromatic carbocycles. The first-order valence-corrected chi connectivity index (χ1v) is 6.06.